The molecule has 3 heteroatoms. The van der Waals surface area contributed by atoms with Crippen molar-refractivity contribution in [1.82, 2.24) is 4.90 Å². The lowest BCUT2D eigenvalue weighted by atomic mass is 9.84. The van der Waals surface area contributed by atoms with Crippen LogP contribution in [0.15, 0.2) is 18.2 Å². The van der Waals surface area contributed by atoms with Crippen molar-refractivity contribution in [2.45, 2.75) is 32.2 Å². The maximum Gasteiger partial charge on any atom is 0.122 e. The average Bonchev–Trinajstić information content (AvgIpc) is 2.28. The molecule has 18 heavy (non-hydrogen) atoms. The summed E-state index contributed by atoms with van der Waals surface area (Å²) in [4.78, 5) is 2.02. The summed E-state index contributed by atoms with van der Waals surface area (Å²) in [6, 6.07) is 6.17. The highest BCUT2D eigenvalue weighted by molar-refractivity contribution is 5.42. The summed E-state index contributed by atoms with van der Waals surface area (Å²) in [6.45, 7) is 6.61. The molecule has 1 aromatic carbocycles. The van der Waals surface area contributed by atoms with Crippen LogP contribution in [-0.4, -0.2) is 37.8 Å². The Labute approximate surface area is 110 Å². The zero-order valence-corrected chi connectivity index (χ0v) is 12.3. The third kappa shape index (κ3) is 3.24. The van der Waals surface area contributed by atoms with E-state index in [0.29, 0.717) is 0 Å². The van der Waals surface area contributed by atoms with Crippen molar-refractivity contribution in [3.8, 4) is 5.75 Å². The Morgan fingerprint density at radius 2 is 1.89 bits per heavy atom. The number of hydrogen-bond acceptors (Lipinski definition) is 3. The first kappa shape index (κ1) is 15.0. The fraction of sp³-hybridized carbons (Fsp3) is 0.600. The molecule has 0 amide bonds. The third-order valence-electron chi connectivity index (χ3n) is 3.21. The maximum absolute atomic E-state index is 9.50. The minimum Gasteiger partial charge on any atom is -0.496 e. The molecule has 0 heterocycles. The summed E-state index contributed by atoms with van der Waals surface area (Å²) in [5.74, 6) is 0.904. The molecule has 1 rings (SSSR count). The Balaban J connectivity index is 3.26. The van der Waals surface area contributed by atoms with Crippen LogP contribution < -0.4 is 4.74 Å². The molecule has 0 radical (unpaired) electrons. The van der Waals surface area contributed by atoms with E-state index < -0.39 is 0 Å². The molecule has 0 saturated carbocycles. The van der Waals surface area contributed by atoms with Gasteiger partial charge in [0.25, 0.3) is 0 Å². The summed E-state index contributed by atoms with van der Waals surface area (Å²) >= 11 is 0. The van der Waals surface area contributed by atoms with Gasteiger partial charge in [-0.2, -0.15) is 0 Å². The zero-order chi connectivity index (χ0) is 13.9. The highest BCUT2D eigenvalue weighted by Gasteiger charge is 2.22. The van der Waals surface area contributed by atoms with E-state index in [4.69, 9.17) is 4.74 Å². The quantitative estimate of drug-likeness (QED) is 0.893. The van der Waals surface area contributed by atoms with E-state index in [1.54, 1.807) is 7.11 Å². The van der Waals surface area contributed by atoms with Crippen molar-refractivity contribution in [1.29, 1.82) is 0 Å². The monoisotopic (exact) mass is 251 g/mol. The minimum atomic E-state index is 0.0215. The highest BCUT2D eigenvalue weighted by Crippen LogP contribution is 2.34. The van der Waals surface area contributed by atoms with Crippen LogP contribution in [0.1, 0.15) is 37.9 Å². The average molecular weight is 251 g/mol. The summed E-state index contributed by atoms with van der Waals surface area (Å²) in [7, 11) is 5.64. The molecule has 0 aliphatic heterocycles. The number of rotatable bonds is 4. The summed E-state index contributed by atoms with van der Waals surface area (Å²) in [5.41, 5.74) is 2.31. The van der Waals surface area contributed by atoms with Crippen LogP contribution in [0.25, 0.3) is 0 Å². The van der Waals surface area contributed by atoms with E-state index in [-0.39, 0.29) is 18.1 Å². The smallest absolute Gasteiger partial charge is 0.122 e. The standard InChI is InChI=1S/C15H25NO2/c1-15(2,3)12-9-11(7-8-14(12)18-6)13(10-17)16(4)5/h7-9,13,17H,10H2,1-6H3. The number of hydrogen-bond donors (Lipinski definition) is 1. The summed E-state index contributed by atoms with van der Waals surface area (Å²) in [5, 5.41) is 9.50. The Kier molecular flexibility index (Phi) is 4.77. The van der Waals surface area contributed by atoms with Crippen LogP contribution >= 0.6 is 0 Å². The van der Waals surface area contributed by atoms with E-state index in [0.717, 1.165) is 11.3 Å². The number of nitrogens with zero attached hydrogens (tertiary/aromatic N) is 1. The van der Waals surface area contributed by atoms with Crippen molar-refractivity contribution in [3.05, 3.63) is 29.3 Å². The predicted molar refractivity (Wildman–Crippen MR) is 75.2 cm³/mol. The number of methoxy groups -OCH3 is 1. The van der Waals surface area contributed by atoms with Crippen LogP contribution in [0, 0.1) is 0 Å². The van der Waals surface area contributed by atoms with Gasteiger partial charge in [-0.1, -0.05) is 26.8 Å². The van der Waals surface area contributed by atoms with Crippen molar-refractivity contribution >= 4 is 0 Å². The molecular weight excluding hydrogens is 226 g/mol. The number of aliphatic hydroxyl groups excluding tert-OH is 1. The molecule has 0 aliphatic carbocycles. The van der Waals surface area contributed by atoms with Gasteiger partial charge >= 0.3 is 0 Å². The summed E-state index contributed by atoms with van der Waals surface area (Å²) in [6.07, 6.45) is 0. The molecule has 1 atom stereocenters. The Morgan fingerprint density at radius 3 is 2.28 bits per heavy atom. The van der Waals surface area contributed by atoms with Gasteiger partial charge in [-0.25, -0.2) is 0 Å². The second-order valence-corrected chi connectivity index (χ2v) is 5.87. The lowest BCUT2D eigenvalue weighted by molar-refractivity contribution is 0.170. The van der Waals surface area contributed by atoms with Crippen LogP contribution in [0.2, 0.25) is 0 Å². The molecule has 1 N–H and O–H groups in total. The molecule has 1 aromatic rings. The molecule has 102 valence electrons. The topological polar surface area (TPSA) is 32.7 Å². The Hall–Kier alpha value is -1.06. The first-order chi connectivity index (χ1) is 8.31. The van der Waals surface area contributed by atoms with Gasteiger partial charge in [0.2, 0.25) is 0 Å². The molecule has 0 aromatic heterocycles. The van der Waals surface area contributed by atoms with E-state index in [2.05, 4.69) is 26.8 Å². The van der Waals surface area contributed by atoms with Gasteiger partial charge in [0.05, 0.1) is 19.8 Å². The normalized spacial score (nSPS) is 13.8. The number of aliphatic hydroxyl groups is 1. The van der Waals surface area contributed by atoms with Gasteiger partial charge in [-0.3, -0.25) is 0 Å². The largest absolute Gasteiger partial charge is 0.496 e. The first-order valence-electron chi connectivity index (χ1n) is 6.27. The van der Waals surface area contributed by atoms with Crippen molar-refractivity contribution < 1.29 is 9.84 Å². The lowest BCUT2D eigenvalue weighted by Gasteiger charge is -2.27. The van der Waals surface area contributed by atoms with Gasteiger partial charge < -0.3 is 14.7 Å². The minimum absolute atomic E-state index is 0.0215. The number of likely N-dealkylation sites (N-methyl/N-ethyl adjacent to an activating group) is 1. The van der Waals surface area contributed by atoms with E-state index in [1.165, 1.54) is 5.56 Å². The second kappa shape index (κ2) is 5.72. The Morgan fingerprint density at radius 1 is 1.28 bits per heavy atom. The van der Waals surface area contributed by atoms with Gasteiger partial charge in [-0.15, -0.1) is 0 Å². The second-order valence-electron chi connectivity index (χ2n) is 5.87. The van der Waals surface area contributed by atoms with Gasteiger partial charge in [0, 0.05) is 0 Å². The summed E-state index contributed by atoms with van der Waals surface area (Å²) < 4.78 is 5.42. The lowest BCUT2D eigenvalue weighted by Crippen LogP contribution is -2.24. The van der Waals surface area contributed by atoms with Crippen molar-refractivity contribution in [2.24, 2.45) is 0 Å². The highest BCUT2D eigenvalue weighted by atomic mass is 16.5. The molecule has 3 nitrogen and oxygen atoms in total. The number of benzene rings is 1. The van der Waals surface area contributed by atoms with Crippen LogP contribution in [-0.2, 0) is 5.41 Å². The fourth-order valence-electron chi connectivity index (χ4n) is 2.09. The van der Waals surface area contributed by atoms with Crippen LogP contribution in [0.4, 0.5) is 0 Å². The fourth-order valence-corrected chi connectivity index (χ4v) is 2.09. The molecule has 1 unspecified atom stereocenters. The van der Waals surface area contributed by atoms with Gasteiger partial charge in [0.1, 0.15) is 5.75 Å². The molecule has 0 fully saturated rings. The number of ether oxygens (including phenoxy) is 1. The molecule has 0 spiro atoms. The van der Waals surface area contributed by atoms with Crippen molar-refractivity contribution in [2.75, 3.05) is 27.8 Å². The van der Waals surface area contributed by atoms with Gasteiger partial charge in [0.15, 0.2) is 0 Å². The molecule has 0 aliphatic rings. The molecule has 0 bridgehead atoms. The van der Waals surface area contributed by atoms with E-state index in [1.807, 2.05) is 31.1 Å². The molecule has 0 saturated heterocycles. The molecular formula is C15H25NO2. The maximum atomic E-state index is 9.50. The third-order valence-corrected chi connectivity index (χ3v) is 3.21. The van der Waals surface area contributed by atoms with Gasteiger partial charge in [-0.05, 0) is 42.8 Å². The van der Waals surface area contributed by atoms with Crippen LogP contribution in [0.3, 0.4) is 0 Å². The Bertz CT molecular complexity index is 394. The first-order valence-corrected chi connectivity index (χ1v) is 6.27. The SMILES string of the molecule is COc1ccc(C(CO)N(C)C)cc1C(C)(C)C. The van der Waals surface area contributed by atoms with E-state index in [9.17, 15) is 5.11 Å². The van der Waals surface area contributed by atoms with Crippen LogP contribution in [0.5, 0.6) is 5.75 Å². The predicted octanol–water partition coefficient (Wildman–Crippen LogP) is 2.59. The van der Waals surface area contributed by atoms with E-state index >= 15 is 0 Å². The zero-order valence-electron chi connectivity index (χ0n) is 12.3. The van der Waals surface area contributed by atoms with Crippen molar-refractivity contribution in [3.63, 3.8) is 0 Å².